The minimum Gasteiger partial charge on any atom is -0.515 e. The zero-order valence-electron chi connectivity index (χ0n) is 76.0. The van der Waals surface area contributed by atoms with Crippen molar-refractivity contribution in [3.8, 4) is 157 Å². The van der Waals surface area contributed by atoms with E-state index in [1.165, 1.54) is 33.0 Å². The summed E-state index contributed by atoms with van der Waals surface area (Å²) in [5.41, 5.74) is 28.5. The maximum absolute atomic E-state index is 11.7. The van der Waals surface area contributed by atoms with Crippen molar-refractivity contribution >= 4 is 76.6 Å². The summed E-state index contributed by atoms with van der Waals surface area (Å²) in [6.07, 6.45) is 6.38. The molecular weight excluding hydrogens is 2250 g/mol. The van der Waals surface area contributed by atoms with Crippen LogP contribution in [0.15, 0.2) is 425 Å². The van der Waals surface area contributed by atoms with E-state index in [1.54, 1.807) is 0 Å². The number of fused-ring (bicyclic) bond motifs is 10. The van der Waals surface area contributed by atoms with Crippen molar-refractivity contribution in [3.63, 3.8) is 0 Å². The molecule has 0 amide bonds. The molecule has 24 aromatic rings. The Labute approximate surface area is 848 Å². The van der Waals surface area contributed by atoms with Gasteiger partial charge < -0.3 is 15.3 Å². The number of hydrogen-bond acceptors (Lipinski definition) is 9. The van der Waals surface area contributed by atoms with Gasteiger partial charge in [-0.2, -0.15) is 0 Å². The van der Waals surface area contributed by atoms with Crippen LogP contribution in [-0.4, -0.2) is 58.9 Å². The van der Waals surface area contributed by atoms with Crippen molar-refractivity contribution in [2.24, 2.45) is 5.92 Å². The second-order valence-electron chi connectivity index (χ2n) is 34.7. The average Bonchev–Trinajstić information content (AvgIpc) is 1.63. The van der Waals surface area contributed by atoms with Crippen LogP contribution in [0.5, 0.6) is 17.2 Å². The summed E-state index contributed by atoms with van der Waals surface area (Å²) in [7, 11) is 0. The number of benzene rings is 15. The second-order valence-corrected chi connectivity index (χ2v) is 34.7. The summed E-state index contributed by atoms with van der Waals surface area (Å²) < 4.78 is 6.37. The number of aryl methyl sites for hydroxylation is 2. The summed E-state index contributed by atoms with van der Waals surface area (Å²) in [5.74, 6) is 3.54. The number of aromatic nitrogens is 9. The van der Waals surface area contributed by atoms with Gasteiger partial charge in [-0.05, 0) is 171 Å². The number of aromatic hydroxyl groups is 3. The van der Waals surface area contributed by atoms with Crippen LogP contribution in [0.2, 0.25) is 0 Å². The molecule has 3 N–H and O–H groups in total. The number of rotatable bonds is 16. The summed E-state index contributed by atoms with van der Waals surface area (Å²) in [5, 5.41) is 43.8. The van der Waals surface area contributed by atoms with Crippen LogP contribution < -0.4 is 0 Å². The van der Waals surface area contributed by atoms with E-state index in [0.717, 1.165) is 201 Å². The van der Waals surface area contributed by atoms with E-state index < -0.39 is 0 Å². The summed E-state index contributed by atoms with van der Waals surface area (Å²) in [4.78, 5) is 29.8. The first-order valence-corrected chi connectivity index (χ1v) is 45.7. The van der Waals surface area contributed by atoms with Crippen LogP contribution in [0.25, 0.3) is 217 Å². The first-order chi connectivity index (χ1) is 66.8. The fourth-order valence-corrected chi connectivity index (χ4v) is 19.2. The molecule has 0 radical (unpaired) electrons. The van der Waals surface area contributed by atoms with Gasteiger partial charge in [0, 0.05) is 148 Å². The normalized spacial score (nSPS) is 11.2. The van der Waals surface area contributed by atoms with Crippen LogP contribution in [0, 0.1) is 38.0 Å². The number of phenols is 3. The maximum atomic E-state index is 11.7. The number of pyridine rings is 6. The minimum absolute atomic E-state index is 0. The van der Waals surface area contributed by atoms with Crippen LogP contribution in [0.4, 0.5) is 0 Å². The molecule has 15 aromatic carbocycles. The number of nitrogens with zero attached hydrogens (tertiary/aromatic N) is 9. The van der Waals surface area contributed by atoms with Gasteiger partial charge in [0.2, 0.25) is 0 Å². The molecule has 15 heteroatoms. The van der Waals surface area contributed by atoms with Gasteiger partial charge in [-0.1, -0.05) is 333 Å². The number of phenolic OH excluding ortho intramolecular Hbond substituents is 3. The van der Waals surface area contributed by atoms with Gasteiger partial charge in [0.05, 0.1) is 33.8 Å². The smallest absolute Gasteiger partial charge is 0.146 e. The number of hydrogen-bond donors (Lipinski definition) is 3. The van der Waals surface area contributed by atoms with E-state index in [9.17, 15) is 15.3 Å². The molecule has 9 heterocycles. The van der Waals surface area contributed by atoms with Crippen LogP contribution >= 0.6 is 0 Å². The Morgan fingerprint density at radius 3 is 0.986 bits per heavy atom. The largest absolute Gasteiger partial charge is 0.515 e. The van der Waals surface area contributed by atoms with Gasteiger partial charge in [-0.3, -0.25) is 28.7 Å². The predicted molar refractivity (Wildman–Crippen MR) is 556 cm³/mol. The van der Waals surface area contributed by atoms with Gasteiger partial charge in [0.25, 0.3) is 0 Å². The van der Waals surface area contributed by atoms with Crippen molar-refractivity contribution in [2.45, 2.75) is 34.1 Å². The molecule has 12 nitrogen and oxygen atoms in total. The van der Waals surface area contributed by atoms with E-state index in [1.807, 2.05) is 255 Å². The third-order valence-corrected chi connectivity index (χ3v) is 25.4. The summed E-state index contributed by atoms with van der Waals surface area (Å²) >= 11 is 0. The van der Waals surface area contributed by atoms with Crippen molar-refractivity contribution in [3.05, 3.63) is 460 Å². The quantitative estimate of drug-likeness (QED) is 0.0803. The SMILES string of the molecule is CC(C)Cc1cc(-c2cccc(-n3c4ccccc4c4cccnc43)n2)[c-]c(-c2cccc(-c3ccccc3)c2O)c1.Cc1cccc(C)c1-c1cc(-c2cccc(-n3c4ccccc4c4cccnc43)n2)[c-]c(-c2cccc(-c3ccccc3)c2O)c1.Oc1c(-c2[c-]c(-c3cccc(-n4c5ccccc5c5cccnc54)n3)cc(-c3ccc4ccccc4c3)c2)cccc1-c1ccccc1.[Pt].[Pt].[Pt]. The monoisotopic (exact) mass is 2340 g/mol. The molecular formula is C124H88N9O3Pt3-3. The minimum atomic E-state index is 0. The van der Waals surface area contributed by atoms with Crippen LogP contribution in [0.3, 0.4) is 0 Å². The Hall–Kier alpha value is -15.7. The van der Waals surface area contributed by atoms with Crippen molar-refractivity contribution in [1.82, 2.24) is 43.6 Å². The average molecular weight is 2340 g/mol. The summed E-state index contributed by atoms with van der Waals surface area (Å²) in [6, 6.07) is 148. The van der Waals surface area contributed by atoms with Gasteiger partial charge in [-0.25, -0.2) is 15.0 Å². The third kappa shape index (κ3) is 18.2. The standard InChI is InChI=1S/C44H28N3O.C42H30N3O.C38H30N3O.3Pt/c48-43-36(30-12-2-1-3-13-30)16-8-17-37(43)34-26-33(32-23-22-29-11-4-5-14-31(29)25-32)27-35(28-34)40-19-9-21-42(46-40)47-41-20-7-6-15-38(41)39-18-10-24-45-44(39)47;1-27-12-8-13-28(2)40(27)32-25-30(34-18-9-17-33(41(34)46)29-14-4-3-5-15-29)24-31(26-32)37-20-10-22-39(44-37)45-38-21-7-6-16-35(38)36-19-11-23-43-42(36)45;1-25(2)21-26-22-28(31-15-8-14-30(37(31)42)27-11-4-3-5-12-27)24-29(23-26)34-17-9-19-36(40-34)41-35-18-7-6-13-32(35)33-16-10-20-39-38(33)41;;;/h1-27,48H;3-23,25-26,46H,1-2H3;3-20,22-23,25,42H,21H2,1-2H3;;;/q3*-1;;;. The Morgan fingerprint density at radius 1 is 0.259 bits per heavy atom. The molecule has 0 aliphatic rings. The van der Waals surface area contributed by atoms with Gasteiger partial charge in [0.1, 0.15) is 34.4 Å². The molecule has 0 spiro atoms. The van der Waals surface area contributed by atoms with Gasteiger partial charge >= 0.3 is 0 Å². The van der Waals surface area contributed by atoms with Gasteiger partial charge in [-0.15, -0.1) is 76.9 Å². The van der Waals surface area contributed by atoms with Gasteiger partial charge in [0.15, 0.2) is 0 Å². The molecule has 0 bridgehead atoms. The maximum Gasteiger partial charge on any atom is 0.146 e. The molecule has 680 valence electrons. The van der Waals surface area contributed by atoms with Crippen molar-refractivity contribution in [1.29, 1.82) is 0 Å². The fourth-order valence-electron chi connectivity index (χ4n) is 19.2. The topological polar surface area (TPSA) is 153 Å². The Kier molecular flexibility index (Phi) is 26.8. The molecule has 0 atom stereocenters. The van der Waals surface area contributed by atoms with Crippen molar-refractivity contribution in [2.75, 3.05) is 0 Å². The molecule has 0 saturated heterocycles. The Balaban J connectivity index is 0.000000132. The first kappa shape index (κ1) is 92.4. The van der Waals surface area contributed by atoms with Crippen LogP contribution in [0.1, 0.15) is 30.5 Å². The first-order valence-electron chi connectivity index (χ1n) is 45.7. The molecule has 0 aliphatic carbocycles. The molecule has 139 heavy (non-hydrogen) atoms. The van der Waals surface area contributed by atoms with Crippen LogP contribution in [-0.2, 0) is 69.6 Å². The Morgan fingerprint density at radius 2 is 0.576 bits per heavy atom. The fraction of sp³-hybridized carbons (Fsp3) is 0.0484. The van der Waals surface area contributed by atoms with E-state index >= 15 is 0 Å². The molecule has 9 aromatic heterocycles. The predicted octanol–water partition coefficient (Wildman–Crippen LogP) is 30.5. The number of para-hydroxylation sites is 6. The third-order valence-electron chi connectivity index (χ3n) is 25.4. The Bertz CT molecular complexity index is 8540. The van der Waals surface area contributed by atoms with E-state index in [-0.39, 0.29) is 80.4 Å². The zero-order valence-corrected chi connectivity index (χ0v) is 82.8. The molecule has 0 aliphatic heterocycles. The van der Waals surface area contributed by atoms with E-state index in [2.05, 4.69) is 229 Å². The summed E-state index contributed by atoms with van der Waals surface area (Å²) in [6.45, 7) is 8.72. The second kappa shape index (κ2) is 40.3. The molecule has 0 saturated carbocycles. The molecule has 0 unspecified atom stereocenters. The zero-order chi connectivity index (χ0) is 91.9. The van der Waals surface area contributed by atoms with Crippen molar-refractivity contribution < 1.29 is 78.5 Å². The molecule has 0 fully saturated rings. The molecule has 24 rings (SSSR count). The van der Waals surface area contributed by atoms with E-state index in [4.69, 9.17) is 29.9 Å². The van der Waals surface area contributed by atoms with E-state index in [0.29, 0.717) is 11.5 Å².